The lowest BCUT2D eigenvalue weighted by Gasteiger charge is -2.26. The van der Waals surface area contributed by atoms with E-state index in [4.69, 9.17) is 9.15 Å². The molecular weight excluding hydrogens is 426 g/mol. The number of furan rings is 1. The normalized spacial score (nSPS) is 12.4. The molecule has 0 aliphatic heterocycles. The maximum atomic E-state index is 12.6. The molecule has 0 aliphatic carbocycles. The van der Waals surface area contributed by atoms with Crippen molar-refractivity contribution < 1.29 is 13.9 Å². The second-order valence-electron chi connectivity index (χ2n) is 9.11. The van der Waals surface area contributed by atoms with Gasteiger partial charge in [0.1, 0.15) is 18.1 Å². The highest BCUT2D eigenvalue weighted by Gasteiger charge is 2.23. The maximum absolute atomic E-state index is 12.6. The Kier molecular flexibility index (Phi) is 6.59. The van der Waals surface area contributed by atoms with Crippen molar-refractivity contribution in [1.29, 1.82) is 0 Å². The molecule has 2 heterocycles. The van der Waals surface area contributed by atoms with Gasteiger partial charge in [-0.15, -0.1) is 0 Å². The molecule has 0 saturated carbocycles. The van der Waals surface area contributed by atoms with Crippen molar-refractivity contribution in [2.75, 3.05) is 0 Å². The molecule has 1 N–H and O–H groups in total. The summed E-state index contributed by atoms with van der Waals surface area (Å²) in [7, 11) is 1.86. The third kappa shape index (κ3) is 5.06. The van der Waals surface area contributed by atoms with E-state index in [1.165, 1.54) is 11.1 Å². The summed E-state index contributed by atoms with van der Waals surface area (Å²) in [5, 5.41) is 7.29. The van der Waals surface area contributed by atoms with E-state index < -0.39 is 0 Å². The van der Waals surface area contributed by atoms with E-state index in [0.717, 1.165) is 17.0 Å². The van der Waals surface area contributed by atoms with E-state index >= 15 is 0 Å². The summed E-state index contributed by atoms with van der Waals surface area (Å²) < 4.78 is 13.3. The van der Waals surface area contributed by atoms with Crippen molar-refractivity contribution >= 4 is 5.91 Å². The van der Waals surface area contributed by atoms with E-state index in [9.17, 15) is 4.79 Å². The van der Waals surface area contributed by atoms with Crippen LogP contribution in [0.2, 0.25) is 0 Å². The number of carbonyl (C=O) groups excluding carboxylic acids is 1. The van der Waals surface area contributed by atoms with Gasteiger partial charge in [-0.2, -0.15) is 5.10 Å². The van der Waals surface area contributed by atoms with Crippen LogP contribution in [0.1, 0.15) is 65.5 Å². The summed E-state index contributed by atoms with van der Waals surface area (Å²) in [6, 6.07) is 21.8. The molecule has 176 valence electrons. The van der Waals surface area contributed by atoms with E-state index in [0.29, 0.717) is 5.76 Å². The van der Waals surface area contributed by atoms with Crippen molar-refractivity contribution in [1.82, 2.24) is 15.1 Å². The van der Waals surface area contributed by atoms with Crippen LogP contribution in [0.3, 0.4) is 0 Å². The Morgan fingerprint density at radius 3 is 2.38 bits per heavy atom. The molecule has 0 bridgehead atoms. The Hall–Kier alpha value is -3.80. The average Bonchev–Trinajstić information content (AvgIpc) is 3.44. The van der Waals surface area contributed by atoms with Gasteiger partial charge in [0.15, 0.2) is 5.76 Å². The van der Waals surface area contributed by atoms with Crippen molar-refractivity contribution in [3.05, 3.63) is 107 Å². The van der Waals surface area contributed by atoms with Crippen LogP contribution < -0.4 is 10.1 Å². The van der Waals surface area contributed by atoms with Gasteiger partial charge in [0.2, 0.25) is 0 Å². The molecule has 1 unspecified atom stereocenters. The fraction of sp³-hybridized carbons (Fsp3) is 0.286. The highest BCUT2D eigenvalue weighted by molar-refractivity contribution is 5.91. The molecule has 2 aromatic carbocycles. The molecule has 0 saturated heterocycles. The smallest absolute Gasteiger partial charge is 0.287 e. The average molecular weight is 458 g/mol. The SMILES string of the molecule is Cc1nn(C)cc1C(C)NC(=O)c1ccc(COc2ccc(C(C)(C)c3ccccc3)cc2)o1. The number of aryl methyl sites for hydroxylation is 2. The zero-order chi connectivity index (χ0) is 24.3. The Labute approximate surface area is 200 Å². The predicted molar refractivity (Wildman–Crippen MR) is 132 cm³/mol. The molecular formula is C28H31N3O3. The quantitative estimate of drug-likeness (QED) is 0.368. The minimum absolute atomic E-state index is 0.103. The molecule has 4 aromatic rings. The summed E-state index contributed by atoms with van der Waals surface area (Å²) >= 11 is 0. The molecule has 1 amide bonds. The zero-order valence-corrected chi connectivity index (χ0v) is 20.3. The lowest BCUT2D eigenvalue weighted by Crippen LogP contribution is -2.26. The first-order valence-corrected chi connectivity index (χ1v) is 11.4. The number of hydrogen-bond donors (Lipinski definition) is 1. The molecule has 4 rings (SSSR count). The Balaban J connectivity index is 1.35. The van der Waals surface area contributed by atoms with Gasteiger partial charge in [-0.3, -0.25) is 9.48 Å². The molecule has 2 aromatic heterocycles. The number of amides is 1. The van der Waals surface area contributed by atoms with Gasteiger partial charge in [-0.1, -0.05) is 56.3 Å². The second kappa shape index (κ2) is 9.59. The summed E-state index contributed by atoms with van der Waals surface area (Å²) in [4.78, 5) is 12.6. The number of aromatic nitrogens is 2. The first-order valence-electron chi connectivity index (χ1n) is 11.4. The number of rotatable bonds is 8. The summed E-state index contributed by atoms with van der Waals surface area (Å²) in [5.41, 5.74) is 4.24. The Morgan fingerprint density at radius 1 is 1.06 bits per heavy atom. The Bertz CT molecular complexity index is 1250. The maximum Gasteiger partial charge on any atom is 0.287 e. The summed E-state index contributed by atoms with van der Waals surface area (Å²) in [5.74, 6) is 1.32. The van der Waals surface area contributed by atoms with Gasteiger partial charge >= 0.3 is 0 Å². The first-order chi connectivity index (χ1) is 16.2. The summed E-state index contributed by atoms with van der Waals surface area (Å²) in [6.45, 7) is 8.52. The fourth-order valence-corrected chi connectivity index (χ4v) is 4.11. The molecule has 6 nitrogen and oxygen atoms in total. The largest absolute Gasteiger partial charge is 0.486 e. The minimum atomic E-state index is -0.269. The second-order valence-corrected chi connectivity index (χ2v) is 9.11. The van der Waals surface area contributed by atoms with Crippen LogP contribution in [0.25, 0.3) is 0 Å². The van der Waals surface area contributed by atoms with Gasteiger partial charge < -0.3 is 14.5 Å². The van der Waals surface area contributed by atoms with Gasteiger partial charge in [0.25, 0.3) is 5.91 Å². The van der Waals surface area contributed by atoms with Crippen LogP contribution in [0, 0.1) is 6.92 Å². The predicted octanol–water partition coefficient (Wildman–Crippen LogP) is 5.72. The van der Waals surface area contributed by atoms with Crippen LogP contribution >= 0.6 is 0 Å². The van der Waals surface area contributed by atoms with Gasteiger partial charge in [-0.05, 0) is 49.2 Å². The fourth-order valence-electron chi connectivity index (χ4n) is 4.11. The number of carbonyl (C=O) groups is 1. The number of ether oxygens (including phenoxy) is 1. The van der Waals surface area contributed by atoms with E-state index in [2.05, 4.69) is 60.7 Å². The molecule has 0 radical (unpaired) electrons. The molecule has 6 heteroatoms. The minimum Gasteiger partial charge on any atom is -0.486 e. The van der Waals surface area contributed by atoms with E-state index in [-0.39, 0.29) is 29.7 Å². The highest BCUT2D eigenvalue weighted by atomic mass is 16.5. The lowest BCUT2D eigenvalue weighted by molar-refractivity contribution is 0.0907. The molecule has 0 fully saturated rings. The number of nitrogens with zero attached hydrogens (tertiary/aromatic N) is 2. The van der Waals surface area contributed by atoms with Crippen molar-refractivity contribution in [2.24, 2.45) is 7.05 Å². The standard InChI is InChI=1S/C28H31N3O3/c1-19(25-17-31(5)30-20(25)2)29-27(32)26-16-15-24(34-26)18-33-23-13-11-22(12-14-23)28(3,4)21-9-7-6-8-10-21/h6-17,19H,18H2,1-5H3,(H,29,32). The van der Waals surface area contributed by atoms with Crippen molar-refractivity contribution in [2.45, 2.75) is 45.8 Å². The van der Waals surface area contributed by atoms with Crippen LogP contribution in [-0.4, -0.2) is 15.7 Å². The first kappa shape index (κ1) is 23.4. The molecule has 1 atom stereocenters. The van der Waals surface area contributed by atoms with E-state index in [1.807, 2.05) is 45.3 Å². The third-order valence-electron chi connectivity index (χ3n) is 6.20. The van der Waals surface area contributed by atoms with Crippen LogP contribution in [0.5, 0.6) is 5.75 Å². The topological polar surface area (TPSA) is 69.3 Å². The van der Waals surface area contributed by atoms with Crippen molar-refractivity contribution in [3.8, 4) is 5.75 Å². The van der Waals surface area contributed by atoms with Crippen LogP contribution in [-0.2, 0) is 19.1 Å². The van der Waals surface area contributed by atoms with Crippen LogP contribution in [0.15, 0.2) is 77.3 Å². The number of nitrogens with one attached hydrogen (secondary N) is 1. The van der Waals surface area contributed by atoms with Crippen molar-refractivity contribution in [3.63, 3.8) is 0 Å². The van der Waals surface area contributed by atoms with E-state index in [1.54, 1.807) is 16.8 Å². The van der Waals surface area contributed by atoms with Gasteiger partial charge in [0.05, 0.1) is 11.7 Å². The third-order valence-corrected chi connectivity index (χ3v) is 6.20. The zero-order valence-electron chi connectivity index (χ0n) is 20.3. The highest BCUT2D eigenvalue weighted by Crippen LogP contribution is 2.32. The Morgan fingerprint density at radius 2 is 1.74 bits per heavy atom. The molecule has 0 spiro atoms. The number of hydrogen-bond acceptors (Lipinski definition) is 4. The lowest BCUT2D eigenvalue weighted by atomic mass is 9.78. The van der Waals surface area contributed by atoms with Crippen LogP contribution in [0.4, 0.5) is 0 Å². The van der Waals surface area contributed by atoms with Gasteiger partial charge in [0, 0.05) is 24.2 Å². The van der Waals surface area contributed by atoms with Gasteiger partial charge in [-0.25, -0.2) is 0 Å². The molecule has 34 heavy (non-hydrogen) atoms. The monoisotopic (exact) mass is 457 g/mol. The molecule has 0 aliphatic rings. The summed E-state index contributed by atoms with van der Waals surface area (Å²) in [6.07, 6.45) is 1.91. The number of benzene rings is 2.